The standard InChI is InChI=1S/C14H22N4O/c1-2-10(7-8-3-4-8)16-14(19)13-11(15)12(17-18-13)9-5-6-9/h8-10H,2-7,15H2,1H3,(H,16,19)(H,17,18). The summed E-state index contributed by atoms with van der Waals surface area (Å²) in [7, 11) is 0. The van der Waals surface area contributed by atoms with Gasteiger partial charge in [0.2, 0.25) is 0 Å². The summed E-state index contributed by atoms with van der Waals surface area (Å²) in [4.78, 5) is 12.2. The van der Waals surface area contributed by atoms with E-state index in [1.54, 1.807) is 0 Å². The zero-order valence-electron chi connectivity index (χ0n) is 11.4. The van der Waals surface area contributed by atoms with Crippen molar-refractivity contribution in [3.63, 3.8) is 0 Å². The van der Waals surface area contributed by atoms with Gasteiger partial charge in [0.15, 0.2) is 5.69 Å². The van der Waals surface area contributed by atoms with E-state index in [-0.39, 0.29) is 11.9 Å². The Balaban J connectivity index is 1.65. The van der Waals surface area contributed by atoms with Crippen LogP contribution in [0.5, 0.6) is 0 Å². The molecule has 104 valence electrons. The number of carbonyl (C=O) groups excluding carboxylic acids is 1. The third-order valence-corrected chi connectivity index (χ3v) is 4.18. The Labute approximate surface area is 113 Å². The largest absolute Gasteiger partial charge is 0.395 e. The van der Waals surface area contributed by atoms with Gasteiger partial charge in [-0.3, -0.25) is 9.89 Å². The van der Waals surface area contributed by atoms with Crippen molar-refractivity contribution in [1.82, 2.24) is 15.5 Å². The lowest BCUT2D eigenvalue weighted by Crippen LogP contribution is -2.35. The van der Waals surface area contributed by atoms with Crippen LogP contribution in [-0.4, -0.2) is 22.1 Å². The number of nitrogens with one attached hydrogen (secondary N) is 2. The summed E-state index contributed by atoms with van der Waals surface area (Å²) in [6.45, 7) is 2.11. The van der Waals surface area contributed by atoms with E-state index < -0.39 is 0 Å². The number of nitrogens with two attached hydrogens (primary N) is 1. The Morgan fingerprint density at radius 1 is 1.47 bits per heavy atom. The first-order chi connectivity index (χ1) is 9.19. The van der Waals surface area contributed by atoms with Crippen LogP contribution < -0.4 is 11.1 Å². The van der Waals surface area contributed by atoms with Gasteiger partial charge in [0.1, 0.15) is 0 Å². The molecular formula is C14H22N4O. The Bertz CT molecular complexity index is 474. The van der Waals surface area contributed by atoms with Crippen molar-refractivity contribution in [2.45, 2.75) is 57.4 Å². The number of hydrogen-bond donors (Lipinski definition) is 3. The molecule has 2 aliphatic carbocycles. The van der Waals surface area contributed by atoms with E-state index in [0.29, 0.717) is 17.3 Å². The van der Waals surface area contributed by atoms with E-state index >= 15 is 0 Å². The van der Waals surface area contributed by atoms with Crippen molar-refractivity contribution in [1.29, 1.82) is 0 Å². The molecule has 1 unspecified atom stereocenters. The van der Waals surface area contributed by atoms with E-state index in [4.69, 9.17) is 5.73 Å². The fourth-order valence-corrected chi connectivity index (χ4v) is 2.56. The number of aromatic amines is 1. The normalized spacial score (nSPS) is 20.3. The van der Waals surface area contributed by atoms with Gasteiger partial charge in [-0.25, -0.2) is 0 Å². The highest BCUT2D eigenvalue weighted by Gasteiger charge is 2.31. The first kappa shape index (κ1) is 12.5. The fraction of sp³-hybridized carbons (Fsp3) is 0.714. The zero-order valence-corrected chi connectivity index (χ0v) is 11.4. The molecule has 0 spiro atoms. The van der Waals surface area contributed by atoms with Crippen molar-refractivity contribution >= 4 is 11.6 Å². The number of hydrogen-bond acceptors (Lipinski definition) is 3. The molecule has 1 aromatic heterocycles. The van der Waals surface area contributed by atoms with Crippen LogP contribution in [0.15, 0.2) is 0 Å². The molecule has 19 heavy (non-hydrogen) atoms. The molecule has 0 saturated heterocycles. The average molecular weight is 262 g/mol. The average Bonchev–Trinajstić information content (AvgIpc) is 3.29. The number of nitrogens with zero attached hydrogens (tertiary/aromatic N) is 1. The summed E-state index contributed by atoms with van der Waals surface area (Å²) in [6, 6.07) is 0.250. The number of H-pyrrole nitrogens is 1. The van der Waals surface area contributed by atoms with Gasteiger partial charge in [-0.2, -0.15) is 5.10 Å². The molecule has 1 amide bonds. The van der Waals surface area contributed by atoms with Crippen molar-refractivity contribution < 1.29 is 4.79 Å². The lowest BCUT2D eigenvalue weighted by molar-refractivity contribution is 0.0928. The minimum Gasteiger partial charge on any atom is -0.395 e. The first-order valence-corrected chi connectivity index (χ1v) is 7.33. The van der Waals surface area contributed by atoms with Crippen molar-refractivity contribution in [3.05, 3.63) is 11.4 Å². The molecule has 0 aliphatic heterocycles. The van der Waals surface area contributed by atoms with Gasteiger partial charge in [0, 0.05) is 12.0 Å². The predicted molar refractivity (Wildman–Crippen MR) is 73.9 cm³/mol. The number of anilines is 1. The molecular weight excluding hydrogens is 240 g/mol. The van der Waals surface area contributed by atoms with Crippen LogP contribution in [0, 0.1) is 5.92 Å². The van der Waals surface area contributed by atoms with Gasteiger partial charge in [0.25, 0.3) is 5.91 Å². The summed E-state index contributed by atoms with van der Waals surface area (Å²) in [5.41, 5.74) is 7.88. The van der Waals surface area contributed by atoms with E-state index in [2.05, 4.69) is 22.4 Å². The van der Waals surface area contributed by atoms with Gasteiger partial charge >= 0.3 is 0 Å². The topological polar surface area (TPSA) is 83.8 Å². The maximum absolute atomic E-state index is 12.2. The molecule has 2 aliphatic rings. The molecule has 2 saturated carbocycles. The number of aromatic nitrogens is 2. The molecule has 4 N–H and O–H groups in total. The van der Waals surface area contributed by atoms with Gasteiger partial charge in [-0.15, -0.1) is 0 Å². The molecule has 0 aromatic carbocycles. The molecule has 1 aromatic rings. The molecule has 5 heteroatoms. The van der Waals surface area contributed by atoms with E-state index in [1.165, 1.54) is 12.8 Å². The predicted octanol–water partition coefficient (Wildman–Crippen LogP) is 2.18. The second kappa shape index (κ2) is 4.87. The summed E-state index contributed by atoms with van der Waals surface area (Å²) in [5.74, 6) is 1.17. The van der Waals surface area contributed by atoms with E-state index in [0.717, 1.165) is 37.3 Å². The summed E-state index contributed by atoms with van der Waals surface area (Å²) in [6.07, 6.45) is 6.95. The third kappa shape index (κ3) is 2.74. The van der Waals surface area contributed by atoms with E-state index in [9.17, 15) is 4.79 Å². The summed E-state index contributed by atoms with van der Waals surface area (Å²) in [5, 5.41) is 10.1. The minimum absolute atomic E-state index is 0.131. The fourth-order valence-electron chi connectivity index (χ4n) is 2.56. The number of nitrogen functional groups attached to an aromatic ring is 1. The quantitative estimate of drug-likeness (QED) is 0.734. The second-order valence-corrected chi connectivity index (χ2v) is 5.93. The smallest absolute Gasteiger partial charge is 0.274 e. The highest BCUT2D eigenvalue weighted by molar-refractivity contribution is 5.97. The highest BCUT2D eigenvalue weighted by atomic mass is 16.2. The maximum atomic E-state index is 12.2. The van der Waals surface area contributed by atoms with Crippen molar-refractivity contribution in [2.24, 2.45) is 5.92 Å². The van der Waals surface area contributed by atoms with Gasteiger partial charge < -0.3 is 11.1 Å². The summed E-state index contributed by atoms with van der Waals surface area (Å²) < 4.78 is 0. The highest BCUT2D eigenvalue weighted by Crippen LogP contribution is 2.42. The lowest BCUT2D eigenvalue weighted by atomic mass is 10.1. The van der Waals surface area contributed by atoms with Crippen LogP contribution >= 0.6 is 0 Å². The Morgan fingerprint density at radius 3 is 2.79 bits per heavy atom. The Kier molecular flexibility index (Phi) is 3.21. The van der Waals surface area contributed by atoms with Crippen LogP contribution in [0.1, 0.15) is 67.5 Å². The third-order valence-electron chi connectivity index (χ3n) is 4.18. The monoisotopic (exact) mass is 262 g/mol. The first-order valence-electron chi connectivity index (χ1n) is 7.33. The van der Waals surface area contributed by atoms with E-state index in [1.807, 2.05) is 0 Å². The molecule has 3 rings (SSSR count). The van der Waals surface area contributed by atoms with Crippen LogP contribution in [-0.2, 0) is 0 Å². The lowest BCUT2D eigenvalue weighted by Gasteiger charge is -2.15. The van der Waals surface area contributed by atoms with Gasteiger partial charge in [-0.1, -0.05) is 19.8 Å². The maximum Gasteiger partial charge on any atom is 0.274 e. The van der Waals surface area contributed by atoms with Gasteiger partial charge in [-0.05, 0) is 31.6 Å². The van der Waals surface area contributed by atoms with Crippen molar-refractivity contribution in [3.8, 4) is 0 Å². The Morgan fingerprint density at radius 2 is 2.21 bits per heavy atom. The van der Waals surface area contributed by atoms with Crippen LogP contribution in [0.4, 0.5) is 5.69 Å². The van der Waals surface area contributed by atoms with Crippen LogP contribution in [0.3, 0.4) is 0 Å². The molecule has 0 radical (unpaired) electrons. The Hall–Kier alpha value is -1.52. The molecule has 5 nitrogen and oxygen atoms in total. The number of rotatable bonds is 6. The van der Waals surface area contributed by atoms with Crippen molar-refractivity contribution in [2.75, 3.05) is 5.73 Å². The van der Waals surface area contributed by atoms with Crippen LogP contribution in [0.25, 0.3) is 0 Å². The summed E-state index contributed by atoms with van der Waals surface area (Å²) >= 11 is 0. The second-order valence-electron chi connectivity index (χ2n) is 5.93. The van der Waals surface area contributed by atoms with Gasteiger partial charge in [0.05, 0.1) is 11.4 Å². The molecule has 1 heterocycles. The minimum atomic E-state index is -0.131. The molecule has 2 fully saturated rings. The number of carbonyl (C=O) groups is 1. The number of amides is 1. The zero-order chi connectivity index (χ0) is 13.4. The van der Waals surface area contributed by atoms with Crippen LogP contribution in [0.2, 0.25) is 0 Å². The SMILES string of the molecule is CCC(CC1CC1)NC(=O)c1n[nH]c(C2CC2)c1N. The molecule has 0 bridgehead atoms. The molecule has 1 atom stereocenters.